The highest BCUT2D eigenvalue weighted by Gasteiger charge is 2.82. The van der Waals surface area contributed by atoms with Crippen molar-refractivity contribution in [3.05, 3.63) is 0 Å². The maximum atomic E-state index is 13.0. The number of fused-ring (bicyclic) bond motifs is 1. The number of nitrogens with one attached hydrogen (secondary N) is 2. The third kappa shape index (κ3) is 2.62. The summed E-state index contributed by atoms with van der Waals surface area (Å²) in [6.45, 7) is 5.58. The fourth-order valence-electron chi connectivity index (χ4n) is 3.07. The van der Waals surface area contributed by atoms with Gasteiger partial charge in [0.2, 0.25) is 0 Å². The molecule has 0 aromatic heterocycles. The maximum Gasteiger partial charge on any atom is 0.430 e. The number of halogens is 6. The normalized spacial score (nSPS) is 29.7. The van der Waals surface area contributed by atoms with Crippen molar-refractivity contribution in [3.8, 4) is 0 Å². The number of carbonyl (C=O) groups excluding carboxylic acids is 1. The average Bonchev–Trinajstić information content (AvgIpc) is 3.29. The van der Waals surface area contributed by atoms with Gasteiger partial charge in [-0.25, -0.2) is 0 Å². The van der Waals surface area contributed by atoms with Crippen molar-refractivity contribution in [1.29, 1.82) is 0 Å². The van der Waals surface area contributed by atoms with Crippen LogP contribution >= 0.6 is 0 Å². The Labute approximate surface area is 140 Å². The highest BCUT2D eigenvalue weighted by Crippen LogP contribution is 2.56. The number of hydrogen-bond acceptors (Lipinski definition) is 5. The molecule has 2 unspecified atom stereocenters. The predicted molar refractivity (Wildman–Crippen MR) is 73.0 cm³/mol. The Balaban J connectivity index is 2.33. The minimum absolute atomic E-state index is 0.225. The third-order valence-electron chi connectivity index (χ3n) is 5.36. The molecular weight excluding hydrogens is 358 g/mol. The van der Waals surface area contributed by atoms with E-state index in [1.165, 1.54) is 6.92 Å². The van der Waals surface area contributed by atoms with Crippen molar-refractivity contribution >= 4 is 5.97 Å². The van der Waals surface area contributed by atoms with Crippen LogP contribution in [0.5, 0.6) is 0 Å². The summed E-state index contributed by atoms with van der Waals surface area (Å²) in [5.74, 6) is -1.68. The largest absolute Gasteiger partial charge is 0.458 e. The van der Waals surface area contributed by atoms with Crippen molar-refractivity contribution in [2.75, 3.05) is 0 Å². The second-order valence-electron chi connectivity index (χ2n) is 6.95. The smallest absolute Gasteiger partial charge is 0.430 e. The number of esters is 1. The van der Waals surface area contributed by atoms with Gasteiger partial charge in [-0.15, -0.1) is 0 Å². The lowest BCUT2D eigenvalue weighted by molar-refractivity contribution is -0.392. The molecule has 5 nitrogen and oxygen atoms in total. The molecule has 2 fully saturated rings. The van der Waals surface area contributed by atoms with E-state index in [0.29, 0.717) is 0 Å². The molecule has 2 heterocycles. The number of alkyl halides is 6. The molecule has 0 bridgehead atoms. The van der Waals surface area contributed by atoms with E-state index in [1.807, 2.05) is 0 Å². The van der Waals surface area contributed by atoms with E-state index in [2.05, 4.69) is 15.4 Å². The zero-order chi connectivity index (χ0) is 19.6. The first-order valence-corrected chi connectivity index (χ1v) is 7.71. The van der Waals surface area contributed by atoms with Crippen LogP contribution in [0.15, 0.2) is 0 Å². The zero-order valence-electron chi connectivity index (χ0n) is 14.0. The van der Waals surface area contributed by atoms with Gasteiger partial charge in [-0.2, -0.15) is 26.3 Å². The van der Waals surface area contributed by atoms with Crippen LogP contribution < -0.4 is 10.6 Å². The Kier molecular flexibility index (Phi) is 4.42. The summed E-state index contributed by atoms with van der Waals surface area (Å²) < 4.78 is 82.7. The van der Waals surface area contributed by atoms with E-state index >= 15 is 0 Å². The van der Waals surface area contributed by atoms with Crippen LogP contribution in [0.25, 0.3) is 0 Å². The first kappa shape index (κ1) is 20.2. The van der Waals surface area contributed by atoms with Crippen LogP contribution in [0.3, 0.4) is 0 Å². The molecule has 3 N–H and O–H groups in total. The lowest BCUT2D eigenvalue weighted by Gasteiger charge is -2.40. The molecule has 146 valence electrons. The Hall–Kier alpha value is -1.07. The molecule has 0 saturated carbocycles. The molecular formula is C14H20F6N2O3. The van der Waals surface area contributed by atoms with Gasteiger partial charge in [-0.3, -0.25) is 15.4 Å². The average molecular weight is 378 g/mol. The molecule has 2 aliphatic rings. The van der Waals surface area contributed by atoms with Gasteiger partial charge in [-0.1, -0.05) is 20.8 Å². The van der Waals surface area contributed by atoms with E-state index in [4.69, 9.17) is 0 Å². The van der Waals surface area contributed by atoms with Gasteiger partial charge < -0.3 is 9.84 Å². The van der Waals surface area contributed by atoms with Crippen molar-refractivity contribution in [2.45, 2.75) is 70.0 Å². The summed E-state index contributed by atoms with van der Waals surface area (Å²) in [5.41, 5.74) is -7.43. The highest BCUT2D eigenvalue weighted by molar-refractivity contribution is 5.81. The summed E-state index contributed by atoms with van der Waals surface area (Å²) in [6.07, 6.45) is -16.0. The van der Waals surface area contributed by atoms with Crippen molar-refractivity contribution < 1.29 is 41.0 Å². The Morgan fingerprint density at radius 3 is 1.80 bits per heavy atom. The van der Waals surface area contributed by atoms with E-state index in [1.54, 1.807) is 13.8 Å². The summed E-state index contributed by atoms with van der Waals surface area (Å²) in [5, 5.41) is 15.2. The molecule has 0 aromatic rings. The van der Waals surface area contributed by atoms with Gasteiger partial charge in [0.15, 0.2) is 0 Å². The molecule has 0 spiro atoms. The molecule has 0 aromatic carbocycles. The van der Waals surface area contributed by atoms with Crippen molar-refractivity contribution in [2.24, 2.45) is 11.3 Å². The molecule has 0 aliphatic carbocycles. The van der Waals surface area contributed by atoms with Crippen LogP contribution in [-0.2, 0) is 9.53 Å². The van der Waals surface area contributed by atoms with Crippen molar-refractivity contribution in [1.82, 2.24) is 10.6 Å². The fourth-order valence-corrected chi connectivity index (χ4v) is 3.07. The van der Waals surface area contributed by atoms with Gasteiger partial charge >= 0.3 is 18.3 Å². The van der Waals surface area contributed by atoms with E-state index in [0.717, 1.165) is 6.92 Å². The number of hydrogen-bond donors (Lipinski definition) is 3. The van der Waals surface area contributed by atoms with Crippen molar-refractivity contribution in [3.63, 3.8) is 0 Å². The fraction of sp³-hybridized carbons (Fsp3) is 0.929. The minimum atomic E-state index is -6.06. The summed E-state index contributed by atoms with van der Waals surface area (Å²) in [4.78, 5) is 12.5. The molecule has 2 rings (SSSR count). The third-order valence-corrected chi connectivity index (χ3v) is 5.36. The molecule has 2 atom stereocenters. The van der Waals surface area contributed by atoms with Crippen LogP contribution in [0.2, 0.25) is 0 Å². The molecule has 0 amide bonds. The molecule has 25 heavy (non-hydrogen) atoms. The van der Waals surface area contributed by atoms with Crippen LogP contribution in [0.4, 0.5) is 26.3 Å². The first-order chi connectivity index (χ1) is 11.1. The maximum absolute atomic E-state index is 13.0. The van der Waals surface area contributed by atoms with Crippen LogP contribution in [0.1, 0.15) is 34.1 Å². The zero-order valence-corrected chi connectivity index (χ0v) is 14.0. The topological polar surface area (TPSA) is 90.4 Å². The van der Waals surface area contributed by atoms with E-state index in [-0.39, 0.29) is 6.17 Å². The Morgan fingerprint density at radius 1 is 1.16 bits per heavy atom. The monoisotopic (exact) mass is 378 g/mol. The number of aliphatic hydroxyl groups is 1. The molecule has 2 aliphatic heterocycles. The summed E-state index contributed by atoms with van der Waals surface area (Å²) in [6, 6.07) is 0. The van der Waals surface area contributed by atoms with E-state index in [9.17, 15) is 36.2 Å². The summed E-state index contributed by atoms with van der Waals surface area (Å²) in [7, 11) is 0. The second-order valence-corrected chi connectivity index (χ2v) is 6.95. The van der Waals surface area contributed by atoms with Gasteiger partial charge in [0.25, 0.3) is 5.60 Å². The summed E-state index contributed by atoms with van der Waals surface area (Å²) >= 11 is 0. The van der Waals surface area contributed by atoms with Gasteiger partial charge in [0.05, 0.1) is 6.17 Å². The Morgan fingerprint density at radius 2 is 1.56 bits per heavy atom. The minimum Gasteiger partial charge on any atom is -0.458 e. The molecule has 2 saturated heterocycles. The highest BCUT2D eigenvalue weighted by atomic mass is 19.4. The molecule has 0 radical (unpaired) electrons. The molecule has 11 heteroatoms. The lowest BCUT2D eigenvalue weighted by Crippen LogP contribution is -2.65. The van der Waals surface area contributed by atoms with Gasteiger partial charge in [0, 0.05) is 0 Å². The van der Waals surface area contributed by atoms with Crippen LogP contribution in [-0.4, -0.2) is 47.0 Å². The van der Waals surface area contributed by atoms with E-state index < -0.39 is 53.4 Å². The van der Waals surface area contributed by atoms with Gasteiger partial charge in [-0.05, 0) is 19.3 Å². The number of ether oxygens (including phenoxy) is 1. The number of carbonyl (C=O) groups is 1. The second kappa shape index (κ2) is 5.46. The predicted octanol–water partition coefficient (Wildman–Crippen LogP) is 2.05. The quantitative estimate of drug-likeness (QED) is 0.374. The SMILES string of the molecule is CCC(OC(=O)C(C)(C(C)C)C12NC1N2)C(O)(C(F)(F)F)C(F)(F)F. The lowest BCUT2D eigenvalue weighted by atomic mass is 9.74. The first-order valence-electron chi connectivity index (χ1n) is 7.71. The standard InChI is InChI=1S/C14H20F6N2O3/c1-5-7(11(24,13(15,16)17)14(18,19)20)25-9(23)10(4,6(2)3)12-8(21-12)22-12/h6-8,21-22,24H,5H2,1-4H3. The van der Waals surface area contributed by atoms with Gasteiger partial charge in [0.1, 0.15) is 17.2 Å². The van der Waals surface area contributed by atoms with Crippen LogP contribution in [0, 0.1) is 11.3 Å². The number of rotatable bonds is 6. The Bertz CT molecular complexity index is 542.